The SMILES string of the molecule is CCCCCCCCCCCCC(=O)Oc1cnc(-c2ccc(CCCCCCC)cc2)nc1. The molecule has 0 unspecified atom stereocenters. The minimum absolute atomic E-state index is 0.195. The van der Waals surface area contributed by atoms with Crippen LogP contribution in [0.3, 0.4) is 0 Å². The molecule has 2 aromatic rings. The number of aryl methyl sites for hydroxylation is 1. The first-order valence-electron chi connectivity index (χ1n) is 13.8. The number of aromatic nitrogens is 2. The highest BCUT2D eigenvalue weighted by Crippen LogP contribution is 2.19. The van der Waals surface area contributed by atoms with Crippen LogP contribution < -0.4 is 4.74 Å². The first-order chi connectivity index (χ1) is 16.7. The molecular formula is C30H46N2O2. The Labute approximate surface area is 208 Å². The zero-order valence-corrected chi connectivity index (χ0v) is 21.7. The Kier molecular flexibility index (Phi) is 14.9. The number of ether oxygens (including phenoxy) is 1. The molecule has 188 valence electrons. The van der Waals surface area contributed by atoms with Crippen LogP contribution in [0.5, 0.6) is 5.75 Å². The van der Waals surface area contributed by atoms with Gasteiger partial charge in [-0.1, -0.05) is 122 Å². The third-order valence-corrected chi connectivity index (χ3v) is 6.38. The van der Waals surface area contributed by atoms with E-state index in [2.05, 4.69) is 48.1 Å². The fourth-order valence-electron chi connectivity index (χ4n) is 4.21. The number of rotatable bonds is 19. The van der Waals surface area contributed by atoms with Crippen LogP contribution in [0.25, 0.3) is 11.4 Å². The Morgan fingerprint density at radius 3 is 1.74 bits per heavy atom. The average molecular weight is 467 g/mol. The molecule has 0 spiro atoms. The molecule has 34 heavy (non-hydrogen) atoms. The number of unbranched alkanes of at least 4 members (excludes halogenated alkanes) is 13. The number of nitrogens with zero attached hydrogens (tertiary/aromatic N) is 2. The summed E-state index contributed by atoms with van der Waals surface area (Å²) in [6, 6.07) is 8.49. The summed E-state index contributed by atoms with van der Waals surface area (Å²) < 4.78 is 5.42. The predicted molar refractivity (Wildman–Crippen MR) is 142 cm³/mol. The number of hydrogen-bond donors (Lipinski definition) is 0. The van der Waals surface area contributed by atoms with Crippen LogP contribution in [0.2, 0.25) is 0 Å². The van der Waals surface area contributed by atoms with Crippen molar-refractivity contribution in [2.45, 2.75) is 123 Å². The van der Waals surface area contributed by atoms with E-state index in [-0.39, 0.29) is 5.97 Å². The molecular weight excluding hydrogens is 420 g/mol. The fourth-order valence-corrected chi connectivity index (χ4v) is 4.21. The molecule has 1 aromatic heterocycles. The largest absolute Gasteiger partial charge is 0.423 e. The lowest BCUT2D eigenvalue weighted by Crippen LogP contribution is -2.08. The van der Waals surface area contributed by atoms with Crippen LogP contribution >= 0.6 is 0 Å². The molecule has 0 N–H and O–H groups in total. The van der Waals surface area contributed by atoms with Crippen LogP contribution in [0.4, 0.5) is 0 Å². The van der Waals surface area contributed by atoms with E-state index in [1.807, 2.05) is 0 Å². The highest BCUT2D eigenvalue weighted by Gasteiger charge is 2.07. The van der Waals surface area contributed by atoms with Crippen LogP contribution in [0.1, 0.15) is 122 Å². The van der Waals surface area contributed by atoms with Crippen molar-refractivity contribution >= 4 is 5.97 Å². The maximum atomic E-state index is 12.1. The summed E-state index contributed by atoms with van der Waals surface area (Å²) in [6.07, 6.45) is 23.8. The number of carbonyl (C=O) groups excluding carboxylic acids is 1. The second kappa shape index (κ2) is 18.1. The first-order valence-corrected chi connectivity index (χ1v) is 13.8. The normalized spacial score (nSPS) is 11.0. The average Bonchev–Trinajstić information content (AvgIpc) is 2.86. The minimum Gasteiger partial charge on any atom is -0.423 e. The van der Waals surface area contributed by atoms with Gasteiger partial charge in [-0.2, -0.15) is 0 Å². The second-order valence-corrected chi connectivity index (χ2v) is 9.51. The lowest BCUT2D eigenvalue weighted by atomic mass is 10.0. The van der Waals surface area contributed by atoms with Crippen molar-refractivity contribution in [1.82, 2.24) is 9.97 Å². The smallest absolute Gasteiger partial charge is 0.311 e. The summed E-state index contributed by atoms with van der Waals surface area (Å²) >= 11 is 0. The molecule has 4 nitrogen and oxygen atoms in total. The van der Waals surface area contributed by atoms with Gasteiger partial charge in [0, 0.05) is 12.0 Å². The zero-order valence-electron chi connectivity index (χ0n) is 21.7. The number of benzene rings is 1. The molecule has 0 saturated heterocycles. The molecule has 0 bridgehead atoms. The Morgan fingerprint density at radius 1 is 0.676 bits per heavy atom. The maximum absolute atomic E-state index is 12.1. The monoisotopic (exact) mass is 466 g/mol. The maximum Gasteiger partial charge on any atom is 0.311 e. The van der Waals surface area contributed by atoms with Gasteiger partial charge in [-0.15, -0.1) is 0 Å². The van der Waals surface area contributed by atoms with Crippen molar-refractivity contribution in [1.29, 1.82) is 0 Å². The first kappa shape index (κ1) is 28.0. The van der Waals surface area contributed by atoms with E-state index in [0.717, 1.165) is 24.8 Å². The summed E-state index contributed by atoms with van der Waals surface area (Å²) in [4.78, 5) is 20.9. The van der Waals surface area contributed by atoms with Gasteiger partial charge in [-0.3, -0.25) is 4.79 Å². The highest BCUT2D eigenvalue weighted by atomic mass is 16.5. The van der Waals surface area contributed by atoms with Gasteiger partial charge in [0.1, 0.15) is 0 Å². The van der Waals surface area contributed by atoms with Crippen LogP contribution in [0.15, 0.2) is 36.7 Å². The summed E-state index contributed by atoms with van der Waals surface area (Å²) in [7, 11) is 0. The lowest BCUT2D eigenvalue weighted by Gasteiger charge is -2.06. The Bertz CT molecular complexity index is 771. The summed E-state index contributed by atoms with van der Waals surface area (Å²) in [5.41, 5.74) is 2.34. The van der Waals surface area contributed by atoms with E-state index in [0.29, 0.717) is 18.0 Å². The van der Waals surface area contributed by atoms with Crippen LogP contribution in [0, 0.1) is 0 Å². The molecule has 2 rings (SSSR count). The van der Waals surface area contributed by atoms with Gasteiger partial charge in [0.15, 0.2) is 11.6 Å². The number of esters is 1. The molecule has 0 amide bonds. The number of carbonyl (C=O) groups is 1. The highest BCUT2D eigenvalue weighted by molar-refractivity contribution is 5.72. The van der Waals surface area contributed by atoms with Crippen molar-refractivity contribution in [2.24, 2.45) is 0 Å². The van der Waals surface area contributed by atoms with Gasteiger partial charge in [0.25, 0.3) is 0 Å². The molecule has 4 heteroatoms. The molecule has 1 heterocycles. The Morgan fingerprint density at radius 2 is 1.18 bits per heavy atom. The molecule has 0 atom stereocenters. The third-order valence-electron chi connectivity index (χ3n) is 6.38. The molecule has 0 fully saturated rings. The number of hydrogen-bond acceptors (Lipinski definition) is 4. The zero-order chi connectivity index (χ0) is 24.3. The van der Waals surface area contributed by atoms with E-state index >= 15 is 0 Å². The molecule has 0 radical (unpaired) electrons. The van der Waals surface area contributed by atoms with Crippen molar-refractivity contribution in [3.8, 4) is 17.1 Å². The summed E-state index contributed by atoms with van der Waals surface area (Å²) in [6.45, 7) is 4.50. The Hall–Kier alpha value is -2.23. The van der Waals surface area contributed by atoms with Gasteiger partial charge in [0.05, 0.1) is 12.4 Å². The Balaban J connectivity index is 1.61. The van der Waals surface area contributed by atoms with Crippen LogP contribution in [-0.4, -0.2) is 15.9 Å². The molecule has 0 aliphatic rings. The summed E-state index contributed by atoms with van der Waals surface area (Å²) in [5, 5.41) is 0. The molecule has 1 aromatic carbocycles. The van der Waals surface area contributed by atoms with Crippen molar-refractivity contribution in [3.05, 3.63) is 42.2 Å². The van der Waals surface area contributed by atoms with Crippen molar-refractivity contribution in [3.63, 3.8) is 0 Å². The van der Waals surface area contributed by atoms with Gasteiger partial charge in [-0.05, 0) is 24.8 Å². The van der Waals surface area contributed by atoms with Gasteiger partial charge < -0.3 is 4.74 Å². The second-order valence-electron chi connectivity index (χ2n) is 9.51. The van der Waals surface area contributed by atoms with Gasteiger partial charge >= 0.3 is 5.97 Å². The van der Waals surface area contributed by atoms with E-state index in [9.17, 15) is 4.79 Å². The topological polar surface area (TPSA) is 52.1 Å². The quantitative estimate of drug-likeness (QED) is 0.153. The van der Waals surface area contributed by atoms with Gasteiger partial charge in [-0.25, -0.2) is 9.97 Å². The third kappa shape index (κ3) is 12.3. The molecule has 0 aliphatic carbocycles. The fraction of sp³-hybridized carbons (Fsp3) is 0.633. The van der Waals surface area contributed by atoms with E-state index in [1.165, 1.54) is 89.0 Å². The van der Waals surface area contributed by atoms with Crippen LogP contribution in [-0.2, 0) is 11.2 Å². The standard InChI is InChI=1S/C30H46N2O2/c1-3-5-7-9-10-11-12-13-15-17-19-29(33)34-28-24-31-30(32-25-28)27-22-20-26(21-23-27)18-16-14-8-6-4-2/h20-25H,3-19H2,1-2H3. The predicted octanol–water partition coefficient (Wildman–Crippen LogP) is 8.87. The molecule has 0 saturated carbocycles. The van der Waals surface area contributed by atoms with E-state index in [4.69, 9.17) is 4.74 Å². The minimum atomic E-state index is -0.195. The molecule has 0 aliphatic heterocycles. The van der Waals surface area contributed by atoms with E-state index < -0.39 is 0 Å². The lowest BCUT2D eigenvalue weighted by molar-refractivity contribution is -0.134. The van der Waals surface area contributed by atoms with Gasteiger partial charge in [0.2, 0.25) is 0 Å². The summed E-state index contributed by atoms with van der Waals surface area (Å²) in [5.74, 6) is 0.882. The van der Waals surface area contributed by atoms with E-state index in [1.54, 1.807) is 12.4 Å². The van der Waals surface area contributed by atoms with Crippen molar-refractivity contribution in [2.75, 3.05) is 0 Å². The van der Waals surface area contributed by atoms with Crippen molar-refractivity contribution < 1.29 is 9.53 Å².